The molecule has 0 aliphatic rings. The van der Waals surface area contributed by atoms with E-state index in [9.17, 15) is 0 Å². The lowest BCUT2D eigenvalue weighted by Crippen LogP contribution is -1.67. The van der Waals surface area contributed by atoms with Gasteiger partial charge in [0.1, 0.15) is 0 Å². The number of hydrogen-bond donors (Lipinski definition) is 1. The zero-order valence-corrected chi connectivity index (χ0v) is 7.73. The maximum absolute atomic E-state index is 3.77. The predicted octanol–water partition coefficient (Wildman–Crippen LogP) is 2.95. The van der Waals surface area contributed by atoms with Gasteiger partial charge in [0.25, 0.3) is 0 Å². The molecule has 0 atom stereocenters. The third kappa shape index (κ3) is 4.52. The van der Waals surface area contributed by atoms with Crippen LogP contribution in [0.4, 0.5) is 0 Å². The van der Waals surface area contributed by atoms with Gasteiger partial charge in [-0.3, -0.25) is 0 Å². The SMILES string of the molecule is CC.SC#Cc1ccccc1. The summed E-state index contributed by atoms with van der Waals surface area (Å²) in [6, 6.07) is 9.76. The highest BCUT2D eigenvalue weighted by atomic mass is 32.1. The summed E-state index contributed by atoms with van der Waals surface area (Å²) in [4.78, 5) is 0. The fraction of sp³-hybridized carbons (Fsp3) is 0.200. The topological polar surface area (TPSA) is 0 Å². The first-order valence-electron chi connectivity index (χ1n) is 3.63. The van der Waals surface area contributed by atoms with E-state index in [4.69, 9.17) is 0 Å². The molecular weight excluding hydrogens is 152 g/mol. The molecule has 0 N–H and O–H groups in total. The molecule has 0 unspecified atom stereocenters. The molecular formula is C10H12S. The second kappa shape index (κ2) is 7.24. The summed E-state index contributed by atoms with van der Waals surface area (Å²) in [6.07, 6.45) is 0. The van der Waals surface area contributed by atoms with Gasteiger partial charge in [0.2, 0.25) is 0 Å². The van der Waals surface area contributed by atoms with Gasteiger partial charge in [-0.05, 0) is 17.4 Å². The van der Waals surface area contributed by atoms with E-state index in [1.807, 2.05) is 44.2 Å². The van der Waals surface area contributed by atoms with Crippen LogP contribution in [0.2, 0.25) is 0 Å². The molecule has 0 aromatic heterocycles. The molecule has 0 radical (unpaired) electrons. The Kier molecular flexibility index (Phi) is 6.67. The fourth-order valence-electron chi connectivity index (χ4n) is 0.586. The van der Waals surface area contributed by atoms with Crippen molar-refractivity contribution in [2.45, 2.75) is 13.8 Å². The van der Waals surface area contributed by atoms with Gasteiger partial charge >= 0.3 is 0 Å². The van der Waals surface area contributed by atoms with Crippen LogP contribution in [0.1, 0.15) is 19.4 Å². The summed E-state index contributed by atoms with van der Waals surface area (Å²) in [5, 5.41) is 2.53. The number of benzene rings is 1. The first-order chi connectivity index (χ1) is 5.43. The van der Waals surface area contributed by atoms with Gasteiger partial charge in [0, 0.05) is 5.56 Å². The van der Waals surface area contributed by atoms with Gasteiger partial charge in [-0.25, -0.2) is 0 Å². The largest absolute Gasteiger partial charge is 0.0918 e. The molecule has 0 fully saturated rings. The van der Waals surface area contributed by atoms with E-state index in [-0.39, 0.29) is 0 Å². The Morgan fingerprint density at radius 1 is 1.09 bits per heavy atom. The summed E-state index contributed by atoms with van der Waals surface area (Å²) in [7, 11) is 0. The van der Waals surface area contributed by atoms with Crippen LogP contribution >= 0.6 is 12.6 Å². The first-order valence-corrected chi connectivity index (χ1v) is 4.08. The fourth-order valence-corrected chi connectivity index (χ4v) is 0.715. The Labute approximate surface area is 74.1 Å². The van der Waals surface area contributed by atoms with Crippen LogP contribution in [0, 0.1) is 11.2 Å². The van der Waals surface area contributed by atoms with Gasteiger partial charge in [0.05, 0.1) is 0 Å². The van der Waals surface area contributed by atoms with Crippen LogP contribution in [0.15, 0.2) is 30.3 Å². The van der Waals surface area contributed by atoms with Crippen molar-refractivity contribution in [3.05, 3.63) is 35.9 Å². The summed E-state index contributed by atoms with van der Waals surface area (Å²) in [5.41, 5.74) is 1.01. The third-order valence-electron chi connectivity index (χ3n) is 0.974. The van der Waals surface area contributed by atoms with E-state index in [0.29, 0.717) is 0 Å². The van der Waals surface area contributed by atoms with Crippen molar-refractivity contribution in [3.8, 4) is 11.2 Å². The second-order valence-corrected chi connectivity index (χ2v) is 1.83. The molecule has 0 aliphatic heterocycles. The second-order valence-electron chi connectivity index (χ2n) is 1.60. The minimum Gasteiger partial charge on any atom is -0.0918 e. The van der Waals surface area contributed by atoms with E-state index in [2.05, 4.69) is 23.8 Å². The van der Waals surface area contributed by atoms with E-state index in [1.54, 1.807) is 0 Å². The molecule has 1 rings (SSSR count). The standard InChI is InChI=1S/C8H6S.C2H6/c9-7-6-8-4-2-1-3-5-8;1-2/h1-5,9H;1-2H3. The van der Waals surface area contributed by atoms with Crippen molar-refractivity contribution in [3.63, 3.8) is 0 Å². The minimum atomic E-state index is 1.01. The zero-order valence-electron chi connectivity index (χ0n) is 6.83. The van der Waals surface area contributed by atoms with Crippen LogP contribution in [0.3, 0.4) is 0 Å². The van der Waals surface area contributed by atoms with E-state index in [0.717, 1.165) is 5.56 Å². The van der Waals surface area contributed by atoms with Crippen LogP contribution in [-0.4, -0.2) is 0 Å². The number of rotatable bonds is 0. The summed E-state index contributed by atoms with van der Waals surface area (Å²) in [6.45, 7) is 4.00. The monoisotopic (exact) mass is 164 g/mol. The minimum absolute atomic E-state index is 1.01. The molecule has 0 saturated heterocycles. The van der Waals surface area contributed by atoms with Crippen molar-refractivity contribution >= 4 is 12.6 Å². The van der Waals surface area contributed by atoms with Gasteiger partial charge < -0.3 is 0 Å². The highest BCUT2D eigenvalue weighted by molar-refractivity contribution is 7.85. The lowest BCUT2D eigenvalue weighted by molar-refractivity contribution is 1.50. The number of thiol groups is 1. The van der Waals surface area contributed by atoms with Gasteiger partial charge in [-0.15, -0.1) is 0 Å². The Morgan fingerprint density at radius 2 is 1.64 bits per heavy atom. The summed E-state index contributed by atoms with van der Waals surface area (Å²) in [5.74, 6) is 2.82. The lowest BCUT2D eigenvalue weighted by atomic mass is 10.2. The molecule has 0 spiro atoms. The molecule has 0 aliphatic carbocycles. The van der Waals surface area contributed by atoms with Crippen molar-refractivity contribution in [1.82, 2.24) is 0 Å². The van der Waals surface area contributed by atoms with Gasteiger partial charge in [0.15, 0.2) is 0 Å². The zero-order chi connectivity index (χ0) is 8.53. The third-order valence-corrected chi connectivity index (χ3v) is 1.09. The summed E-state index contributed by atoms with van der Waals surface area (Å²) < 4.78 is 0. The molecule has 0 saturated carbocycles. The smallest absolute Gasteiger partial charge is 0.0254 e. The van der Waals surface area contributed by atoms with Crippen molar-refractivity contribution in [1.29, 1.82) is 0 Å². The average molecular weight is 164 g/mol. The quantitative estimate of drug-likeness (QED) is 0.442. The Balaban J connectivity index is 0.000000461. The van der Waals surface area contributed by atoms with Crippen LogP contribution in [0.5, 0.6) is 0 Å². The Bertz CT molecular complexity index is 228. The number of hydrogen-bond acceptors (Lipinski definition) is 1. The highest BCUT2D eigenvalue weighted by Gasteiger charge is 1.77. The molecule has 1 heteroatoms. The average Bonchev–Trinajstić information content (AvgIpc) is 2.11. The Hall–Kier alpha value is -0.870. The van der Waals surface area contributed by atoms with Crippen molar-refractivity contribution < 1.29 is 0 Å². The molecule has 0 heterocycles. The molecule has 1 aromatic carbocycles. The van der Waals surface area contributed by atoms with Gasteiger partial charge in [-0.1, -0.05) is 50.6 Å². The molecule has 0 amide bonds. The van der Waals surface area contributed by atoms with E-state index >= 15 is 0 Å². The lowest BCUT2D eigenvalue weighted by Gasteiger charge is -1.83. The van der Waals surface area contributed by atoms with Crippen molar-refractivity contribution in [2.24, 2.45) is 0 Å². The van der Waals surface area contributed by atoms with Crippen LogP contribution in [-0.2, 0) is 0 Å². The molecule has 0 nitrogen and oxygen atoms in total. The maximum Gasteiger partial charge on any atom is 0.0254 e. The maximum atomic E-state index is 3.77. The highest BCUT2D eigenvalue weighted by Crippen LogP contribution is 1.94. The van der Waals surface area contributed by atoms with Crippen LogP contribution < -0.4 is 0 Å². The van der Waals surface area contributed by atoms with Crippen molar-refractivity contribution in [2.75, 3.05) is 0 Å². The molecule has 58 valence electrons. The van der Waals surface area contributed by atoms with Crippen LogP contribution in [0.25, 0.3) is 0 Å². The van der Waals surface area contributed by atoms with Gasteiger partial charge in [-0.2, -0.15) is 0 Å². The Morgan fingerprint density at radius 3 is 2.09 bits per heavy atom. The molecule has 1 aromatic rings. The van der Waals surface area contributed by atoms with E-state index in [1.165, 1.54) is 0 Å². The first kappa shape index (κ1) is 10.1. The summed E-state index contributed by atoms with van der Waals surface area (Å²) >= 11 is 3.77. The molecule has 0 bridgehead atoms. The predicted molar refractivity (Wildman–Crippen MR) is 53.7 cm³/mol. The van der Waals surface area contributed by atoms with E-state index < -0.39 is 0 Å². The molecule has 11 heavy (non-hydrogen) atoms. The normalized spacial score (nSPS) is 6.82.